The van der Waals surface area contributed by atoms with Gasteiger partial charge >= 0.3 is 0 Å². The van der Waals surface area contributed by atoms with Crippen LogP contribution in [0.5, 0.6) is 0 Å². The van der Waals surface area contributed by atoms with Crippen molar-refractivity contribution in [3.05, 3.63) is 29.8 Å². The molecule has 4 nitrogen and oxygen atoms in total. The van der Waals surface area contributed by atoms with Gasteiger partial charge < -0.3 is 9.80 Å². The van der Waals surface area contributed by atoms with Crippen molar-refractivity contribution in [3.8, 4) is 0 Å². The Labute approximate surface area is 120 Å². The zero-order valence-electron chi connectivity index (χ0n) is 12.3. The van der Waals surface area contributed by atoms with Crippen molar-refractivity contribution in [1.82, 2.24) is 4.90 Å². The van der Waals surface area contributed by atoms with Crippen molar-refractivity contribution < 1.29 is 9.59 Å². The molecule has 1 saturated heterocycles. The minimum absolute atomic E-state index is 0.0421. The first-order valence-corrected chi connectivity index (χ1v) is 7.20. The number of hydrogen-bond donors (Lipinski definition) is 0. The lowest BCUT2D eigenvalue weighted by molar-refractivity contribution is -0.132. The first-order valence-electron chi connectivity index (χ1n) is 7.20. The molecule has 0 bridgehead atoms. The van der Waals surface area contributed by atoms with Crippen molar-refractivity contribution in [2.75, 3.05) is 24.5 Å². The van der Waals surface area contributed by atoms with Crippen LogP contribution in [0.3, 0.4) is 0 Å². The Kier molecular flexibility index (Phi) is 4.77. The fourth-order valence-electron chi connectivity index (χ4n) is 2.49. The van der Waals surface area contributed by atoms with E-state index in [9.17, 15) is 9.59 Å². The average Bonchev–Trinajstić information content (AvgIpc) is 2.46. The minimum Gasteiger partial charge on any atom is -0.341 e. The maximum Gasteiger partial charge on any atom is 0.242 e. The third-order valence-corrected chi connectivity index (χ3v) is 3.73. The van der Waals surface area contributed by atoms with E-state index in [1.807, 2.05) is 36.1 Å². The quantitative estimate of drug-likeness (QED) is 0.849. The SMILES string of the molecule is CC(=O)N(CC(=O)N1CCCCC1)c1ccc(C)cc1. The molecule has 0 unspecified atom stereocenters. The van der Waals surface area contributed by atoms with Gasteiger partial charge in [0.15, 0.2) is 0 Å². The standard InChI is InChI=1S/C16H22N2O2/c1-13-6-8-15(9-7-13)18(14(2)19)12-16(20)17-10-4-3-5-11-17/h6-9H,3-5,10-12H2,1-2H3. The summed E-state index contributed by atoms with van der Waals surface area (Å²) in [4.78, 5) is 27.5. The number of benzene rings is 1. The van der Waals surface area contributed by atoms with Gasteiger partial charge in [0.2, 0.25) is 11.8 Å². The molecular weight excluding hydrogens is 252 g/mol. The van der Waals surface area contributed by atoms with Crippen molar-refractivity contribution in [2.45, 2.75) is 33.1 Å². The van der Waals surface area contributed by atoms with Gasteiger partial charge in [0.05, 0.1) is 0 Å². The van der Waals surface area contributed by atoms with Crippen LogP contribution >= 0.6 is 0 Å². The van der Waals surface area contributed by atoms with Gasteiger partial charge in [-0.25, -0.2) is 0 Å². The second-order valence-corrected chi connectivity index (χ2v) is 5.38. The Morgan fingerprint density at radius 1 is 1.10 bits per heavy atom. The van der Waals surface area contributed by atoms with Crippen molar-refractivity contribution in [1.29, 1.82) is 0 Å². The monoisotopic (exact) mass is 274 g/mol. The fraction of sp³-hybridized carbons (Fsp3) is 0.500. The van der Waals surface area contributed by atoms with Crippen LogP contribution in [0.4, 0.5) is 5.69 Å². The molecule has 0 aromatic heterocycles. The highest BCUT2D eigenvalue weighted by atomic mass is 16.2. The molecule has 1 aromatic carbocycles. The number of aryl methyl sites for hydroxylation is 1. The average molecular weight is 274 g/mol. The van der Waals surface area contributed by atoms with Crippen molar-refractivity contribution >= 4 is 17.5 Å². The first kappa shape index (κ1) is 14.6. The second kappa shape index (κ2) is 6.55. The number of piperidine rings is 1. The predicted octanol–water partition coefficient (Wildman–Crippen LogP) is 2.36. The van der Waals surface area contributed by atoms with E-state index in [1.54, 1.807) is 4.90 Å². The van der Waals surface area contributed by atoms with Gasteiger partial charge in [-0.3, -0.25) is 9.59 Å². The molecular formula is C16H22N2O2. The smallest absolute Gasteiger partial charge is 0.242 e. The number of nitrogens with zero attached hydrogens (tertiary/aromatic N) is 2. The number of likely N-dealkylation sites (tertiary alicyclic amines) is 1. The zero-order valence-corrected chi connectivity index (χ0v) is 12.3. The molecule has 2 rings (SSSR count). The normalized spacial score (nSPS) is 15.0. The van der Waals surface area contributed by atoms with Crippen LogP contribution in [0.25, 0.3) is 0 Å². The van der Waals surface area contributed by atoms with Crippen molar-refractivity contribution in [3.63, 3.8) is 0 Å². The summed E-state index contributed by atoms with van der Waals surface area (Å²) in [6.45, 7) is 5.28. The van der Waals surface area contributed by atoms with Crippen LogP contribution in [0, 0.1) is 6.92 Å². The highest BCUT2D eigenvalue weighted by Crippen LogP contribution is 2.16. The Balaban J connectivity index is 2.07. The molecule has 0 saturated carbocycles. The largest absolute Gasteiger partial charge is 0.341 e. The van der Waals surface area contributed by atoms with Gasteiger partial charge in [0.1, 0.15) is 6.54 Å². The molecule has 4 heteroatoms. The highest BCUT2D eigenvalue weighted by molar-refractivity contribution is 5.97. The lowest BCUT2D eigenvalue weighted by Gasteiger charge is -2.29. The molecule has 1 aliphatic rings. The Hall–Kier alpha value is -1.84. The number of amides is 2. The molecule has 0 N–H and O–H groups in total. The predicted molar refractivity (Wildman–Crippen MR) is 79.6 cm³/mol. The molecule has 0 spiro atoms. The van der Waals surface area contributed by atoms with Crippen LogP contribution in [-0.4, -0.2) is 36.3 Å². The summed E-state index contributed by atoms with van der Waals surface area (Å²) in [6.07, 6.45) is 3.32. The van der Waals surface area contributed by atoms with Gasteiger partial charge in [0, 0.05) is 25.7 Å². The van der Waals surface area contributed by atoms with Crippen LogP contribution in [-0.2, 0) is 9.59 Å². The molecule has 0 aliphatic carbocycles. The van der Waals surface area contributed by atoms with Crippen LogP contribution in [0.2, 0.25) is 0 Å². The summed E-state index contributed by atoms with van der Waals surface area (Å²) in [5.74, 6) is -0.0558. The summed E-state index contributed by atoms with van der Waals surface area (Å²) < 4.78 is 0. The van der Waals surface area contributed by atoms with Crippen molar-refractivity contribution in [2.24, 2.45) is 0 Å². The number of carbonyl (C=O) groups is 2. The summed E-state index contributed by atoms with van der Waals surface area (Å²) in [5, 5.41) is 0. The molecule has 20 heavy (non-hydrogen) atoms. The Morgan fingerprint density at radius 2 is 1.70 bits per heavy atom. The summed E-state index contributed by atoms with van der Waals surface area (Å²) in [5.41, 5.74) is 1.92. The van der Waals surface area contributed by atoms with E-state index in [4.69, 9.17) is 0 Å². The van der Waals surface area contributed by atoms with E-state index < -0.39 is 0 Å². The number of hydrogen-bond acceptors (Lipinski definition) is 2. The molecule has 0 radical (unpaired) electrons. The van der Waals surface area contributed by atoms with Crippen LogP contribution in [0.1, 0.15) is 31.7 Å². The zero-order chi connectivity index (χ0) is 14.5. The van der Waals surface area contributed by atoms with Gasteiger partial charge in [0.25, 0.3) is 0 Å². The van der Waals surface area contributed by atoms with Gasteiger partial charge in [-0.15, -0.1) is 0 Å². The molecule has 108 valence electrons. The van der Waals surface area contributed by atoms with E-state index in [2.05, 4.69) is 0 Å². The number of rotatable bonds is 3. The van der Waals surface area contributed by atoms with Gasteiger partial charge in [-0.1, -0.05) is 17.7 Å². The molecule has 1 aliphatic heterocycles. The topological polar surface area (TPSA) is 40.6 Å². The molecule has 1 aromatic rings. The summed E-state index contributed by atoms with van der Waals surface area (Å²) in [7, 11) is 0. The lowest BCUT2D eigenvalue weighted by atomic mass is 10.1. The Morgan fingerprint density at radius 3 is 2.25 bits per heavy atom. The number of anilines is 1. The molecule has 2 amide bonds. The molecule has 0 atom stereocenters. The van der Waals surface area contributed by atoms with Gasteiger partial charge in [-0.2, -0.15) is 0 Å². The minimum atomic E-state index is -0.0980. The van der Waals surface area contributed by atoms with Gasteiger partial charge in [-0.05, 0) is 38.3 Å². The van der Waals surface area contributed by atoms with E-state index in [0.29, 0.717) is 0 Å². The highest BCUT2D eigenvalue weighted by Gasteiger charge is 2.21. The summed E-state index contributed by atoms with van der Waals surface area (Å²) >= 11 is 0. The lowest BCUT2D eigenvalue weighted by Crippen LogP contribution is -2.44. The summed E-state index contributed by atoms with van der Waals surface area (Å²) in [6, 6.07) is 7.69. The maximum atomic E-state index is 12.3. The number of carbonyl (C=O) groups excluding carboxylic acids is 2. The van der Waals surface area contributed by atoms with E-state index >= 15 is 0 Å². The van der Waals surface area contributed by atoms with Crippen LogP contribution in [0.15, 0.2) is 24.3 Å². The fourth-order valence-corrected chi connectivity index (χ4v) is 2.49. The molecule has 1 fully saturated rings. The third kappa shape index (κ3) is 3.59. The first-order chi connectivity index (χ1) is 9.58. The third-order valence-electron chi connectivity index (χ3n) is 3.73. The van der Waals surface area contributed by atoms with E-state index in [1.165, 1.54) is 13.3 Å². The van der Waals surface area contributed by atoms with E-state index in [-0.39, 0.29) is 18.4 Å². The molecule has 1 heterocycles. The Bertz CT molecular complexity index is 476. The maximum absolute atomic E-state index is 12.3. The second-order valence-electron chi connectivity index (χ2n) is 5.38. The van der Waals surface area contributed by atoms with E-state index in [0.717, 1.165) is 37.2 Å². The van der Waals surface area contributed by atoms with Crippen LogP contribution < -0.4 is 4.90 Å².